The van der Waals surface area contributed by atoms with E-state index in [1.165, 1.54) is 12.8 Å². The zero-order valence-corrected chi connectivity index (χ0v) is 28.4. The Bertz CT molecular complexity index is 1120. The number of ether oxygens (including phenoxy) is 3. The van der Waals surface area contributed by atoms with Gasteiger partial charge in [-0.3, -0.25) is 4.79 Å². The van der Waals surface area contributed by atoms with E-state index in [1.807, 2.05) is 6.92 Å². The van der Waals surface area contributed by atoms with Crippen molar-refractivity contribution in [2.75, 3.05) is 7.11 Å². The first-order chi connectivity index (χ1) is 20.1. The zero-order valence-electron chi connectivity index (χ0n) is 28.4. The van der Waals surface area contributed by atoms with Gasteiger partial charge in [-0.25, -0.2) is 0 Å². The van der Waals surface area contributed by atoms with Crippen LogP contribution in [0.25, 0.3) is 0 Å². The molecule has 14 atom stereocenters. The summed E-state index contributed by atoms with van der Waals surface area (Å²) in [5.41, 5.74) is 1.64. The van der Waals surface area contributed by atoms with E-state index in [4.69, 9.17) is 14.2 Å². The van der Waals surface area contributed by atoms with Gasteiger partial charge in [0.1, 0.15) is 6.10 Å². The summed E-state index contributed by atoms with van der Waals surface area (Å²) in [5.74, 6) is 2.50. The lowest BCUT2D eigenvalue weighted by molar-refractivity contribution is -0.291. The van der Waals surface area contributed by atoms with Crippen molar-refractivity contribution in [3.63, 3.8) is 0 Å². The van der Waals surface area contributed by atoms with Crippen molar-refractivity contribution in [1.29, 1.82) is 0 Å². The van der Waals surface area contributed by atoms with Crippen molar-refractivity contribution in [2.24, 2.45) is 56.7 Å². The van der Waals surface area contributed by atoms with Gasteiger partial charge in [-0.2, -0.15) is 0 Å². The lowest BCUT2D eigenvalue weighted by atomic mass is 9.33. The molecule has 1 saturated heterocycles. The Hall–Kier alpha value is -0.950. The Morgan fingerprint density at radius 2 is 1.65 bits per heavy atom. The lowest BCUT2D eigenvalue weighted by Crippen LogP contribution is -2.65. The number of hydrogen-bond donors (Lipinski definition) is 2. The van der Waals surface area contributed by atoms with Gasteiger partial charge in [0.15, 0.2) is 6.29 Å². The summed E-state index contributed by atoms with van der Waals surface area (Å²) < 4.78 is 18.2. The number of esters is 1. The van der Waals surface area contributed by atoms with E-state index in [0.717, 1.165) is 44.9 Å². The molecule has 1 aliphatic heterocycles. The number of aliphatic hydroxyl groups excluding tert-OH is 2. The van der Waals surface area contributed by atoms with Gasteiger partial charge >= 0.3 is 5.97 Å². The molecule has 0 aromatic rings. The summed E-state index contributed by atoms with van der Waals surface area (Å²) >= 11 is 0. The first-order valence-electron chi connectivity index (χ1n) is 17.5. The third kappa shape index (κ3) is 4.34. The van der Waals surface area contributed by atoms with Gasteiger partial charge in [-0.05, 0) is 116 Å². The Morgan fingerprint density at radius 3 is 2.33 bits per heavy atom. The minimum absolute atomic E-state index is 0.0283. The Kier molecular flexibility index (Phi) is 7.84. The molecule has 0 bridgehead atoms. The summed E-state index contributed by atoms with van der Waals surface area (Å²) in [5, 5.41) is 20.6. The molecule has 4 saturated carbocycles. The van der Waals surface area contributed by atoms with Crippen LogP contribution in [0.5, 0.6) is 0 Å². The summed E-state index contributed by atoms with van der Waals surface area (Å²) in [6.07, 6.45) is 10.1. The van der Waals surface area contributed by atoms with E-state index in [9.17, 15) is 15.0 Å². The van der Waals surface area contributed by atoms with Gasteiger partial charge in [0.2, 0.25) is 0 Å². The van der Waals surface area contributed by atoms with E-state index in [2.05, 4.69) is 54.5 Å². The summed E-state index contributed by atoms with van der Waals surface area (Å²) in [7, 11) is 1.59. The monoisotopic (exact) mass is 600 g/mol. The van der Waals surface area contributed by atoms with Crippen LogP contribution in [0.15, 0.2) is 11.6 Å². The van der Waals surface area contributed by atoms with Crippen molar-refractivity contribution in [3.05, 3.63) is 11.6 Å². The highest BCUT2D eigenvalue weighted by Crippen LogP contribution is 2.76. The third-order valence-corrected chi connectivity index (χ3v) is 15.5. The highest BCUT2D eigenvalue weighted by Gasteiger charge is 2.69. The molecular weight excluding hydrogens is 540 g/mol. The number of carbonyl (C=O) groups excluding carboxylic acids is 1. The predicted octanol–water partition coefficient (Wildman–Crippen LogP) is 7.06. The van der Waals surface area contributed by atoms with Crippen LogP contribution in [0.2, 0.25) is 0 Å². The summed E-state index contributed by atoms with van der Waals surface area (Å²) in [6, 6.07) is 0. The standard InChI is InChI=1S/C37H60O6/c1-21-12-17-37(32(40)41-9)19-18-35(7)24(30(37)22(21)2)10-11-27-34(6)15-14-28(33(4,5)26(34)13-16-36(27,35)8)43-29-20-25(38)31(39)23(3)42-29/h10,21-23,25-31,38-39H,11-20H2,1-9H3/t21-,22+,23+,25+,26+,27-,28+,29+,30+,31+,34+,35-,36-,37+/m1/s1. The molecule has 0 amide bonds. The van der Waals surface area contributed by atoms with Crippen LogP contribution >= 0.6 is 0 Å². The van der Waals surface area contributed by atoms with Crippen molar-refractivity contribution >= 4 is 5.97 Å². The molecule has 0 radical (unpaired) electrons. The van der Waals surface area contributed by atoms with Crippen molar-refractivity contribution < 1.29 is 29.2 Å². The molecule has 0 aromatic carbocycles. The SMILES string of the molecule is COC(=O)[C@]12CC[C@@H](C)[C@H](C)[C@H]1C1=CC[C@@H]3[C@@]4(C)CC[C@H](O[C@H]5C[C@H](O)[C@@H](O)[C@H](C)O5)C(C)(C)[C@@H]4CC[C@@]3(C)[C@]1(C)CC2. The normalized spacial score (nSPS) is 54.3. The van der Waals surface area contributed by atoms with Crippen molar-refractivity contribution in [2.45, 2.75) is 150 Å². The van der Waals surface area contributed by atoms with E-state index in [-0.39, 0.29) is 45.1 Å². The second kappa shape index (κ2) is 10.5. The van der Waals surface area contributed by atoms with Gasteiger partial charge in [0, 0.05) is 6.42 Å². The molecule has 244 valence electrons. The average molecular weight is 601 g/mol. The van der Waals surface area contributed by atoms with Crippen LogP contribution in [-0.4, -0.2) is 54.0 Å². The highest BCUT2D eigenvalue weighted by molar-refractivity contribution is 5.78. The van der Waals surface area contributed by atoms with Gasteiger partial charge in [0.25, 0.3) is 0 Å². The maximum absolute atomic E-state index is 13.6. The molecule has 5 aliphatic carbocycles. The number of fused-ring (bicyclic) bond motifs is 7. The van der Waals surface area contributed by atoms with Gasteiger partial charge < -0.3 is 24.4 Å². The van der Waals surface area contributed by atoms with E-state index >= 15 is 0 Å². The third-order valence-electron chi connectivity index (χ3n) is 15.5. The fraction of sp³-hybridized carbons (Fsp3) is 0.919. The minimum Gasteiger partial charge on any atom is -0.469 e. The quantitative estimate of drug-likeness (QED) is 0.205. The molecule has 6 aliphatic rings. The molecule has 2 N–H and O–H groups in total. The minimum atomic E-state index is -0.860. The maximum atomic E-state index is 13.6. The van der Waals surface area contributed by atoms with Gasteiger partial charge in [-0.15, -0.1) is 0 Å². The molecule has 0 unspecified atom stereocenters. The molecule has 0 aromatic heterocycles. The second-order valence-electron chi connectivity index (χ2n) is 17.3. The molecule has 6 rings (SSSR count). The molecule has 6 heteroatoms. The van der Waals surface area contributed by atoms with Gasteiger partial charge in [0.05, 0.1) is 30.8 Å². The van der Waals surface area contributed by atoms with Crippen LogP contribution in [0.3, 0.4) is 0 Å². The Balaban J connectivity index is 1.30. The molecular formula is C37H60O6. The maximum Gasteiger partial charge on any atom is 0.312 e. The van der Waals surface area contributed by atoms with Gasteiger partial charge in [-0.1, -0.05) is 60.1 Å². The van der Waals surface area contributed by atoms with E-state index in [1.54, 1.807) is 12.7 Å². The summed E-state index contributed by atoms with van der Waals surface area (Å²) in [4.78, 5) is 13.6. The highest BCUT2D eigenvalue weighted by atomic mass is 16.7. The van der Waals surface area contributed by atoms with Crippen molar-refractivity contribution in [3.8, 4) is 0 Å². The van der Waals surface area contributed by atoms with Crippen LogP contribution in [0.4, 0.5) is 0 Å². The van der Waals surface area contributed by atoms with E-state index in [0.29, 0.717) is 30.1 Å². The van der Waals surface area contributed by atoms with Crippen LogP contribution in [0.1, 0.15) is 120 Å². The number of hydrogen-bond acceptors (Lipinski definition) is 6. The largest absolute Gasteiger partial charge is 0.469 e. The lowest BCUT2D eigenvalue weighted by Gasteiger charge is -2.71. The van der Waals surface area contributed by atoms with E-state index < -0.39 is 24.6 Å². The number of methoxy groups -OCH3 is 1. The Morgan fingerprint density at radius 1 is 0.930 bits per heavy atom. The number of carbonyl (C=O) groups is 1. The Labute approximate surface area is 260 Å². The molecule has 43 heavy (non-hydrogen) atoms. The molecule has 0 spiro atoms. The zero-order chi connectivity index (χ0) is 31.3. The smallest absolute Gasteiger partial charge is 0.312 e. The number of aliphatic hydroxyl groups is 2. The number of allylic oxidation sites excluding steroid dienone is 2. The number of rotatable bonds is 3. The molecule has 6 nitrogen and oxygen atoms in total. The fourth-order valence-corrected chi connectivity index (χ4v) is 12.6. The first kappa shape index (κ1) is 32.0. The van der Waals surface area contributed by atoms with Crippen LogP contribution in [-0.2, 0) is 19.0 Å². The van der Waals surface area contributed by atoms with Crippen LogP contribution in [0, 0.1) is 56.7 Å². The second-order valence-corrected chi connectivity index (χ2v) is 17.3. The predicted molar refractivity (Wildman–Crippen MR) is 167 cm³/mol. The fourth-order valence-electron chi connectivity index (χ4n) is 12.6. The first-order valence-corrected chi connectivity index (χ1v) is 17.5. The topological polar surface area (TPSA) is 85.2 Å². The van der Waals surface area contributed by atoms with Crippen LogP contribution < -0.4 is 0 Å². The van der Waals surface area contributed by atoms with Crippen molar-refractivity contribution in [1.82, 2.24) is 0 Å². The summed E-state index contributed by atoms with van der Waals surface area (Å²) in [6.45, 7) is 19.2. The molecule has 5 fully saturated rings. The molecule has 1 heterocycles. The average Bonchev–Trinajstić information content (AvgIpc) is 2.95.